The molecule has 0 fully saturated rings. The second kappa shape index (κ2) is 8.60. The summed E-state index contributed by atoms with van der Waals surface area (Å²) in [5.41, 5.74) is 4.76. The number of amides is 1. The maximum atomic E-state index is 11.8. The van der Waals surface area contributed by atoms with Crippen LogP contribution in [0.25, 0.3) is 11.3 Å². The Morgan fingerprint density at radius 3 is 2.78 bits per heavy atom. The number of carbonyl (C=O) groups is 1. The van der Waals surface area contributed by atoms with Gasteiger partial charge in [0.1, 0.15) is 5.75 Å². The van der Waals surface area contributed by atoms with Crippen molar-refractivity contribution in [3.63, 3.8) is 0 Å². The first kappa shape index (κ1) is 19.9. The van der Waals surface area contributed by atoms with Crippen molar-refractivity contribution in [1.29, 1.82) is 0 Å². The molecule has 1 N–H and O–H groups in total. The lowest BCUT2D eigenvalue weighted by Crippen LogP contribution is -2.25. The molecule has 0 spiro atoms. The number of hydrogen-bond donors (Lipinski definition) is 1. The van der Waals surface area contributed by atoms with Crippen LogP contribution in [0, 0.1) is 0 Å². The molecule has 1 amide bonds. The van der Waals surface area contributed by atoms with Crippen LogP contribution >= 0.6 is 11.3 Å². The highest BCUT2D eigenvalue weighted by atomic mass is 32.1. The monoisotopic (exact) mass is 441 g/mol. The van der Waals surface area contributed by atoms with Gasteiger partial charge in [-0.15, -0.1) is 11.3 Å². The van der Waals surface area contributed by atoms with Crippen LogP contribution < -0.4 is 14.9 Å². The number of fused-ring (bicyclic) bond motifs is 1. The van der Waals surface area contributed by atoms with Gasteiger partial charge >= 0.3 is 0 Å². The Morgan fingerprint density at radius 1 is 1.12 bits per heavy atom. The van der Waals surface area contributed by atoms with Gasteiger partial charge in [-0.05, 0) is 49.4 Å². The quantitative estimate of drug-likeness (QED) is 0.475. The number of benzene rings is 2. The van der Waals surface area contributed by atoms with Gasteiger partial charge in [0.05, 0.1) is 28.5 Å². The molecule has 4 aromatic rings. The Balaban J connectivity index is 1.66. The summed E-state index contributed by atoms with van der Waals surface area (Å²) < 4.78 is 7.31. The zero-order valence-corrected chi connectivity index (χ0v) is 18.0. The highest BCUT2D eigenvalue weighted by molar-refractivity contribution is 7.07. The number of para-hydroxylation sites is 1. The van der Waals surface area contributed by atoms with Crippen LogP contribution in [0.3, 0.4) is 0 Å². The van der Waals surface area contributed by atoms with Crippen molar-refractivity contribution < 1.29 is 9.53 Å². The van der Waals surface area contributed by atoms with Crippen LogP contribution in [-0.2, 0) is 4.79 Å². The molecule has 7 nitrogen and oxygen atoms in total. The molecule has 8 heteroatoms. The van der Waals surface area contributed by atoms with Gasteiger partial charge in [0.2, 0.25) is 4.80 Å². The minimum absolute atomic E-state index is 0.0263. The summed E-state index contributed by atoms with van der Waals surface area (Å²) in [4.78, 5) is 21.7. The van der Waals surface area contributed by atoms with Crippen LogP contribution in [0.4, 0.5) is 11.4 Å². The molecule has 2 aromatic heterocycles. The SMILES string of the molecule is CC(=Nn1c(-c2ccc3c(c2)NC(=O)CO3)csc1=Nc1ccccc1)c1ccccn1. The molecule has 1 aliphatic heterocycles. The molecular weight excluding hydrogens is 422 g/mol. The van der Waals surface area contributed by atoms with Gasteiger partial charge in [-0.2, -0.15) is 5.10 Å². The van der Waals surface area contributed by atoms with Crippen molar-refractivity contribution in [2.45, 2.75) is 6.92 Å². The standard InChI is InChI=1S/C24H19N5O2S/c1-16(19-9-5-6-12-25-19)28-29-21(15-32-24(29)26-18-7-3-2-4-8-18)17-10-11-22-20(13-17)27-23(30)14-31-22/h2-13,15H,14H2,1H3,(H,27,30). The van der Waals surface area contributed by atoms with Crippen LogP contribution in [-0.4, -0.2) is 27.9 Å². The first-order valence-corrected chi connectivity index (χ1v) is 10.9. The Hall–Kier alpha value is -4.04. The number of ether oxygens (including phenoxy) is 1. The summed E-state index contributed by atoms with van der Waals surface area (Å²) >= 11 is 1.49. The van der Waals surface area contributed by atoms with Gasteiger partial charge in [-0.3, -0.25) is 9.78 Å². The zero-order valence-electron chi connectivity index (χ0n) is 17.2. The largest absolute Gasteiger partial charge is 0.482 e. The van der Waals surface area contributed by atoms with Crippen molar-refractivity contribution in [1.82, 2.24) is 9.66 Å². The Labute approximate surface area is 188 Å². The molecule has 0 atom stereocenters. The number of aromatic nitrogens is 2. The summed E-state index contributed by atoms with van der Waals surface area (Å²) in [6, 6.07) is 21.2. The number of nitrogens with one attached hydrogen (secondary N) is 1. The molecule has 0 aliphatic carbocycles. The average molecular weight is 442 g/mol. The van der Waals surface area contributed by atoms with E-state index in [0.29, 0.717) is 11.4 Å². The van der Waals surface area contributed by atoms with E-state index < -0.39 is 0 Å². The first-order chi connectivity index (χ1) is 15.7. The van der Waals surface area contributed by atoms with E-state index in [0.717, 1.165) is 33.2 Å². The van der Waals surface area contributed by atoms with E-state index in [4.69, 9.17) is 14.8 Å². The highest BCUT2D eigenvalue weighted by Gasteiger charge is 2.18. The fourth-order valence-corrected chi connectivity index (χ4v) is 4.16. The van der Waals surface area contributed by atoms with Crippen LogP contribution in [0.2, 0.25) is 0 Å². The number of anilines is 1. The Kier molecular flexibility index (Phi) is 5.35. The molecule has 0 saturated heterocycles. The van der Waals surface area contributed by atoms with E-state index in [-0.39, 0.29) is 12.5 Å². The fraction of sp³-hybridized carbons (Fsp3) is 0.0833. The summed E-state index contributed by atoms with van der Waals surface area (Å²) in [5.74, 6) is 0.481. The number of pyridine rings is 1. The molecule has 0 radical (unpaired) electrons. The van der Waals surface area contributed by atoms with E-state index >= 15 is 0 Å². The predicted octanol–water partition coefficient (Wildman–Crippen LogP) is 4.45. The Bertz CT molecular complexity index is 1370. The maximum Gasteiger partial charge on any atom is 0.262 e. The number of hydrogen-bond acceptors (Lipinski definition) is 6. The molecule has 0 unspecified atom stereocenters. The number of carbonyl (C=O) groups excluding carboxylic acids is 1. The topological polar surface area (TPSA) is 80.9 Å². The van der Waals surface area contributed by atoms with Crippen molar-refractivity contribution >= 4 is 34.3 Å². The second-order valence-corrected chi connectivity index (χ2v) is 7.95. The van der Waals surface area contributed by atoms with E-state index in [9.17, 15) is 4.79 Å². The van der Waals surface area contributed by atoms with Gasteiger partial charge in [0, 0.05) is 17.1 Å². The lowest BCUT2D eigenvalue weighted by molar-refractivity contribution is -0.118. The van der Waals surface area contributed by atoms with Crippen LogP contribution in [0.1, 0.15) is 12.6 Å². The molecular formula is C24H19N5O2S. The van der Waals surface area contributed by atoms with Gasteiger partial charge in [0.25, 0.3) is 5.91 Å². The second-order valence-electron chi connectivity index (χ2n) is 7.11. The summed E-state index contributed by atoms with van der Waals surface area (Å²) in [6.45, 7) is 1.95. The highest BCUT2D eigenvalue weighted by Crippen LogP contribution is 2.33. The Morgan fingerprint density at radius 2 is 1.97 bits per heavy atom. The third-order valence-corrected chi connectivity index (χ3v) is 5.68. The number of thiazole rings is 1. The van der Waals surface area contributed by atoms with Crippen LogP contribution in [0.5, 0.6) is 5.75 Å². The van der Waals surface area contributed by atoms with Gasteiger partial charge in [-0.1, -0.05) is 24.3 Å². The first-order valence-electron chi connectivity index (χ1n) is 10.0. The number of rotatable bonds is 4. The predicted molar refractivity (Wildman–Crippen MR) is 125 cm³/mol. The maximum absolute atomic E-state index is 11.8. The third kappa shape index (κ3) is 4.08. The summed E-state index contributed by atoms with van der Waals surface area (Å²) in [6.07, 6.45) is 1.75. The summed E-state index contributed by atoms with van der Waals surface area (Å²) in [7, 11) is 0. The molecule has 5 rings (SSSR count). The van der Waals surface area contributed by atoms with E-state index in [2.05, 4.69) is 10.3 Å². The van der Waals surface area contributed by atoms with Crippen molar-refractivity contribution in [2.75, 3.05) is 11.9 Å². The minimum Gasteiger partial charge on any atom is -0.482 e. The molecule has 32 heavy (non-hydrogen) atoms. The average Bonchev–Trinajstić information content (AvgIpc) is 3.21. The van der Waals surface area contributed by atoms with E-state index in [1.54, 1.807) is 6.20 Å². The fourth-order valence-electron chi connectivity index (χ4n) is 3.31. The van der Waals surface area contributed by atoms with Gasteiger partial charge in [-0.25, -0.2) is 9.67 Å². The summed E-state index contributed by atoms with van der Waals surface area (Å²) in [5, 5.41) is 9.73. The molecule has 2 aromatic carbocycles. The third-order valence-electron chi connectivity index (χ3n) is 4.86. The number of nitrogens with zero attached hydrogens (tertiary/aromatic N) is 4. The van der Waals surface area contributed by atoms with E-state index in [1.807, 2.05) is 83.7 Å². The van der Waals surface area contributed by atoms with Gasteiger partial charge in [0.15, 0.2) is 6.61 Å². The minimum atomic E-state index is -0.170. The smallest absolute Gasteiger partial charge is 0.262 e. The normalized spacial score (nSPS) is 14.0. The van der Waals surface area contributed by atoms with Gasteiger partial charge < -0.3 is 10.1 Å². The van der Waals surface area contributed by atoms with Crippen molar-refractivity contribution in [3.8, 4) is 17.0 Å². The molecule has 1 aliphatic rings. The van der Waals surface area contributed by atoms with E-state index in [1.165, 1.54) is 11.3 Å². The lowest BCUT2D eigenvalue weighted by atomic mass is 10.1. The molecule has 0 saturated carbocycles. The zero-order chi connectivity index (χ0) is 21.9. The van der Waals surface area contributed by atoms with Crippen LogP contribution in [0.15, 0.2) is 88.4 Å². The molecule has 3 heterocycles. The molecule has 0 bridgehead atoms. The molecule has 158 valence electrons. The van der Waals surface area contributed by atoms with Crippen molar-refractivity contribution in [3.05, 3.63) is 88.8 Å². The van der Waals surface area contributed by atoms with Crippen molar-refractivity contribution in [2.24, 2.45) is 10.1 Å². The lowest BCUT2D eigenvalue weighted by Gasteiger charge is -2.18.